The van der Waals surface area contributed by atoms with Crippen LogP contribution in [0.3, 0.4) is 0 Å². The second-order valence-corrected chi connectivity index (χ2v) is 2.24. The van der Waals surface area contributed by atoms with E-state index < -0.39 is 6.09 Å². The van der Waals surface area contributed by atoms with Gasteiger partial charge in [0.2, 0.25) is 0 Å². The molecule has 0 saturated heterocycles. The summed E-state index contributed by atoms with van der Waals surface area (Å²) in [4.78, 5) is 13.9. The molecule has 0 unspecified atom stereocenters. The predicted octanol–water partition coefficient (Wildman–Crippen LogP) is 0.304. The lowest BCUT2D eigenvalue weighted by atomic mass is 10.8. The quantitative estimate of drug-likeness (QED) is 0.639. The number of hydrogen-bond acceptors (Lipinski definition) is 5. The summed E-state index contributed by atoms with van der Waals surface area (Å²) in [5.74, 6) is 0.571. The normalized spacial score (nSPS) is 9.30. The molecule has 1 amide bonds. The Kier molecular flexibility index (Phi) is 1.81. The summed E-state index contributed by atoms with van der Waals surface area (Å²) in [5, 5.41) is 0.185. The lowest BCUT2D eigenvalue weighted by Gasteiger charge is -1.89. The van der Waals surface area contributed by atoms with E-state index in [0.717, 1.165) is 11.5 Å². The van der Waals surface area contributed by atoms with Crippen LogP contribution in [0.15, 0.2) is 0 Å². The van der Waals surface area contributed by atoms with Gasteiger partial charge in [-0.15, -0.1) is 0 Å². The topological polar surface area (TPSA) is 78.1 Å². The maximum absolute atomic E-state index is 10.1. The van der Waals surface area contributed by atoms with E-state index in [9.17, 15) is 4.79 Å². The number of primary amides is 1. The number of nitrogens with zero attached hydrogens (tertiary/aromatic N) is 2. The van der Waals surface area contributed by atoms with Crippen LogP contribution in [0, 0.1) is 6.92 Å². The van der Waals surface area contributed by atoms with Gasteiger partial charge in [0.25, 0.3) is 0 Å². The first-order chi connectivity index (χ1) is 4.68. The van der Waals surface area contributed by atoms with Gasteiger partial charge in [-0.3, -0.25) is 0 Å². The zero-order valence-corrected chi connectivity index (χ0v) is 6.01. The lowest BCUT2D eigenvalue weighted by molar-refractivity contribution is 0.210. The molecular weight excluding hydrogens is 154 g/mol. The summed E-state index contributed by atoms with van der Waals surface area (Å²) in [5.41, 5.74) is 4.71. The molecule has 0 aliphatic carbocycles. The van der Waals surface area contributed by atoms with Crippen LogP contribution in [-0.4, -0.2) is 15.5 Å². The SMILES string of the molecule is Cc1nsc(OC(N)=O)n1. The first-order valence-electron chi connectivity index (χ1n) is 2.46. The number of aromatic nitrogens is 2. The van der Waals surface area contributed by atoms with Crippen LogP contribution in [-0.2, 0) is 0 Å². The third-order valence-electron chi connectivity index (χ3n) is 0.697. The highest BCUT2D eigenvalue weighted by Crippen LogP contribution is 2.12. The molecule has 0 fully saturated rings. The van der Waals surface area contributed by atoms with E-state index in [2.05, 4.69) is 14.1 Å². The van der Waals surface area contributed by atoms with Crippen LogP contribution in [0.25, 0.3) is 0 Å². The monoisotopic (exact) mass is 159 g/mol. The fourth-order valence-corrected chi connectivity index (χ4v) is 0.949. The minimum Gasteiger partial charge on any atom is -0.380 e. The molecule has 10 heavy (non-hydrogen) atoms. The average Bonchev–Trinajstić information content (AvgIpc) is 2.13. The molecule has 1 aromatic heterocycles. The Hall–Kier alpha value is -1.17. The molecule has 0 spiro atoms. The van der Waals surface area contributed by atoms with Crippen molar-refractivity contribution in [2.24, 2.45) is 5.73 Å². The lowest BCUT2D eigenvalue weighted by Crippen LogP contribution is -2.15. The van der Waals surface area contributed by atoms with E-state index in [1.54, 1.807) is 6.92 Å². The fourth-order valence-electron chi connectivity index (χ4n) is 0.406. The number of amides is 1. The Morgan fingerprint density at radius 1 is 1.80 bits per heavy atom. The van der Waals surface area contributed by atoms with Crippen molar-refractivity contribution in [3.63, 3.8) is 0 Å². The third-order valence-corrected chi connectivity index (χ3v) is 1.38. The average molecular weight is 159 g/mol. The minimum absolute atomic E-state index is 0.185. The largest absolute Gasteiger partial charge is 0.411 e. The van der Waals surface area contributed by atoms with Gasteiger partial charge in [-0.1, -0.05) is 0 Å². The van der Waals surface area contributed by atoms with Crippen molar-refractivity contribution in [1.82, 2.24) is 9.36 Å². The van der Waals surface area contributed by atoms with Gasteiger partial charge >= 0.3 is 11.3 Å². The molecule has 0 bridgehead atoms. The first kappa shape index (κ1) is 6.94. The van der Waals surface area contributed by atoms with E-state index in [1.165, 1.54) is 0 Å². The van der Waals surface area contributed by atoms with Crippen molar-refractivity contribution in [2.75, 3.05) is 0 Å². The summed E-state index contributed by atoms with van der Waals surface area (Å²) in [6, 6.07) is 0. The maximum Gasteiger partial charge on any atom is 0.411 e. The maximum atomic E-state index is 10.1. The second-order valence-electron chi connectivity index (χ2n) is 1.53. The van der Waals surface area contributed by atoms with Gasteiger partial charge in [0.1, 0.15) is 5.82 Å². The van der Waals surface area contributed by atoms with Crippen LogP contribution in [0.2, 0.25) is 0 Å². The Morgan fingerprint density at radius 2 is 2.50 bits per heavy atom. The molecule has 0 aromatic carbocycles. The van der Waals surface area contributed by atoms with Gasteiger partial charge in [-0.25, -0.2) is 4.79 Å². The van der Waals surface area contributed by atoms with E-state index in [0.29, 0.717) is 5.82 Å². The summed E-state index contributed by atoms with van der Waals surface area (Å²) in [7, 11) is 0. The molecule has 1 aromatic rings. The van der Waals surface area contributed by atoms with Crippen molar-refractivity contribution in [3.8, 4) is 5.19 Å². The van der Waals surface area contributed by atoms with Gasteiger partial charge < -0.3 is 10.5 Å². The van der Waals surface area contributed by atoms with Gasteiger partial charge in [0.15, 0.2) is 0 Å². The molecule has 0 aliphatic rings. The molecule has 0 saturated carbocycles. The molecule has 6 heteroatoms. The zero-order valence-electron chi connectivity index (χ0n) is 5.20. The molecule has 0 atom stereocenters. The molecule has 1 rings (SSSR count). The number of nitrogens with two attached hydrogens (primary N) is 1. The van der Waals surface area contributed by atoms with Crippen molar-refractivity contribution in [3.05, 3.63) is 5.82 Å². The molecule has 0 aliphatic heterocycles. The fraction of sp³-hybridized carbons (Fsp3) is 0.250. The molecule has 1 heterocycles. The number of rotatable bonds is 1. The first-order valence-corrected chi connectivity index (χ1v) is 3.23. The van der Waals surface area contributed by atoms with Gasteiger partial charge in [-0.05, 0) is 6.92 Å². The second kappa shape index (κ2) is 2.61. The highest BCUT2D eigenvalue weighted by Gasteiger charge is 2.02. The van der Waals surface area contributed by atoms with Crippen molar-refractivity contribution in [2.45, 2.75) is 6.92 Å². The zero-order chi connectivity index (χ0) is 7.56. The Labute approximate surface area is 61.0 Å². The predicted molar refractivity (Wildman–Crippen MR) is 34.9 cm³/mol. The van der Waals surface area contributed by atoms with Crippen LogP contribution < -0.4 is 10.5 Å². The summed E-state index contributed by atoms with van der Waals surface area (Å²) < 4.78 is 8.19. The van der Waals surface area contributed by atoms with Crippen molar-refractivity contribution < 1.29 is 9.53 Å². The Bertz CT molecular complexity index is 246. The Balaban J connectivity index is 2.67. The standard InChI is InChI=1S/C4H5N3O2S/c1-2-6-4(10-7-2)9-3(5)8/h1H3,(H2,5,8). The van der Waals surface area contributed by atoms with Crippen molar-refractivity contribution in [1.29, 1.82) is 0 Å². The number of carbonyl (C=O) groups is 1. The summed E-state index contributed by atoms with van der Waals surface area (Å²) in [6.45, 7) is 1.70. The third kappa shape index (κ3) is 1.66. The smallest absolute Gasteiger partial charge is 0.380 e. The van der Waals surface area contributed by atoms with Gasteiger partial charge in [0, 0.05) is 11.5 Å². The Morgan fingerprint density at radius 3 is 2.90 bits per heavy atom. The highest BCUT2D eigenvalue weighted by atomic mass is 32.1. The summed E-state index contributed by atoms with van der Waals surface area (Å²) >= 11 is 0.994. The van der Waals surface area contributed by atoms with Gasteiger partial charge in [-0.2, -0.15) is 9.36 Å². The van der Waals surface area contributed by atoms with Crippen LogP contribution >= 0.6 is 11.5 Å². The summed E-state index contributed by atoms with van der Waals surface area (Å²) in [6.07, 6.45) is -0.865. The van der Waals surface area contributed by atoms with Gasteiger partial charge in [0.05, 0.1) is 0 Å². The molecule has 5 nitrogen and oxygen atoms in total. The molecule has 54 valence electrons. The van der Waals surface area contributed by atoms with Crippen molar-refractivity contribution >= 4 is 17.6 Å². The van der Waals surface area contributed by atoms with E-state index >= 15 is 0 Å². The highest BCUT2D eigenvalue weighted by molar-refractivity contribution is 7.07. The van der Waals surface area contributed by atoms with Crippen LogP contribution in [0.1, 0.15) is 5.82 Å². The number of aryl methyl sites for hydroxylation is 1. The van der Waals surface area contributed by atoms with E-state index in [-0.39, 0.29) is 5.19 Å². The van der Waals surface area contributed by atoms with E-state index in [1.807, 2.05) is 0 Å². The molecule has 0 radical (unpaired) electrons. The minimum atomic E-state index is -0.865. The molecular formula is C4H5N3O2S. The van der Waals surface area contributed by atoms with E-state index in [4.69, 9.17) is 5.73 Å². The number of ether oxygens (including phenoxy) is 1. The molecule has 2 N–H and O–H groups in total. The van der Waals surface area contributed by atoms with Crippen LogP contribution in [0.4, 0.5) is 4.79 Å². The number of hydrogen-bond donors (Lipinski definition) is 1. The number of carbonyl (C=O) groups excluding carboxylic acids is 1. The van der Waals surface area contributed by atoms with Crippen LogP contribution in [0.5, 0.6) is 5.19 Å².